The molecule has 0 saturated heterocycles. The van der Waals surface area contributed by atoms with Crippen molar-refractivity contribution in [2.45, 2.75) is 6.92 Å². The van der Waals surface area contributed by atoms with E-state index in [1.807, 2.05) is 6.92 Å². The van der Waals surface area contributed by atoms with Gasteiger partial charge in [0.25, 0.3) is 11.8 Å². The standard InChI is InChI=1S/C20H15ClFN3O2/c1-12-5-6-17(9-18(12)21)25-20(27)14-7-13(10-23-11-14)19(26)24-16-4-2-3-15(22)8-16/h2-11H,1H3,(H,24,26)(H,25,27). The Hall–Kier alpha value is -3.25. The van der Waals surface area contributed by atoms with Crippen molar-refractivity contribution in [2.24, 2.45) is 0 Å². The molecule has 0 saturated carbocycles. The highest BCUT2D eigenvalue weighted by Crippen LogP contribution is 2.20. The van der Waals surface area contributed by atoms with Crippen LogP contribution in [0.5, 0.6) is 0 Å². The molecule has 0 fully saturated rings. The molecule has 1 heterocycles. The minimum atomic E-state index is -0.499. The fraction of sp³-hybridized carbons (Fsp3) is 0.0500. The second-order valence-electron chi connectivity index (χ2n) is 5.84. The van der Waals surface area contributed by atoms with Crippen molar-refractivity contribution in [3.63, 3.8) is 0 Å². The molecule has 5 nitrogen and oxygen atoms in total. The van der Waals surface area contributed by atoms with Gasteiger partial charge in [0.2, 0.25) is 0 Å². The lowest BCUT2D eigenvalue weighted by atomic mass is 10.1. The van der Waals surface area contributed by atoms with E-state index in [4.69, 9.17) is 11.6 Å². The largest absolute Gasteiger partial charge is 0.322 e. The van der Waals surface area contributed by atoms with Gasteiger partial charge in [-0.15, -0.1) is 0 Å². The van der Waals surface area contributed by atoms with Crippen molar-refractivity contribution in [3.05, 3.63) is 88.5 Å². The average Bonchev–Trinajstić information content (AvgIpc) is 2.65. The first-order valence-electron chi connectivity index (χ1n) is 8.02. The van der Waals surface area contributed by atoms with Gasteiger partial charge in [0.1, 0.15) is 5.82 Å². The Morgan fingerprint density at radius 3 is 2.15 bits per heavy atom. The summed E-state index contributed by atoms with van der Waals surface area (Å²) in [5, 5.41) is 5.80. The van der Waals surface area contributed by atoms with Crippen LogP contribution in [-0.2, 0) is 0 Å². The smallest absolute Gasteiger partial charge is 0.257 e. The minimum Gasteiger partial charge on any atom is -0.322 e. The number of hydrogen-bond acceptors (Lipinski definition) is 3. The van der Waals surface area contributed by atoms with E-state index in [2.05, 4.69) is 15.6 Å². The van der Waals surface area contributed by atoms with Gasteiger partial charge in [-0.2, -0.15) is 0 Å². The number of amides is 2. The van der Waals surface area contributed by atoms with Gasteiger partial charge in [-0.1, -0.05) is 23.7 Å². The highest BCUT2D eigenvalue weighted by molar-refractivity contribution is 6.31. The molecule has 27 heavy (non-hydrogen) atoms. The zero-order valence-electron chi connectivity index (χ0n) is 14.3. The Balaban J connectivity index is 1.75. The van der Waals surface area contributed by atoms with Crippen molar-refractivity contribution < 1.29 is 14.0 Å². The van der Waals surface area contributed by atoms with E-state index in [-0.39, 0.29) is 11.1 Å². The molecule has 0 aliphatic heterocycles. The Bertz CT molecular complexity index is 1020. The van der Waals surface area contributed by atoms with E-state index in [1.165, 1.54) is 36.7 Å². The van der Waals surface area contributed by atoms with E-state index >= 15 is 0 Å². The zero-order valence-corrected chi connectivity index (χ0v) is 15.0. The Morgan fingerprint density at radius 1 is 0.926 bits per heavy atom. The van der Waals surface area contributed by atoms with Crippen molar-refractivity contribution in [2.75, 3.05) is 10.6 Å². The van der Waals surface area contributed by atoms with Crippen molar-refractivity contribution in [1.29, 1.82) is 0 Å². The summed E-state index contributed by atoms with van der Waals surface area (Å²) in [6, 6.07) is 12.1. The summed E-state index contributed by atoms with van der Waals surface area (Å²) in [7, 11) is 0. The molecule has 3 rings (SSSR count). The number of rotatable bonds is 4. The summed E-state index contributed by atoms with van der Waals surface area (Å²) in [5.74, 6) is -1.39. The molecule has 3 aromatic rings. The number of hydrogen-bond donors (Lipinski definition) is 2. The summed E-state index contributed by atoms with van der Waals surface area (Å²) in [4.78, 5) is 28.7. The summed E-state index contributed by atoms with van der Waals surface area (Å²) in [5.41, 5.74) is 2.12. The van der Waals surface area contributed by atoms with Crippen molar-refractivity contribution >= 4 is 34.8 Å². The van der Waals surface area contributed by atoms with Crippen LogP contribution in [0.1, 0.15) is 26.3 Å². The molecule has 0 atom stereocenters. The Morgan fingerprint density at radius 2 is 1.56 bits per heavy atom. The maximum atomic E-state index is 13.2. The number of halogens is 2. The number of carbonyl (C=O) groups excluding carboxylic acids is 2. The van der Waals surface area contributed by atoms with Gasteiger partial charge in [0.15, 0.2) is 0 Å². The Kier molecular flexibility index (Phi) is 5.47. The van der Waals surface area contributed by atoms with Gasteiger partial charge in [-0.25, -0.2) is 4.39 Å². The molecule has 136 valence electrons. The molecule has 0 unspecified atom stereocenters. The topological polar surface area (TPSA) is 71.1 Å². The molecule has 0 spiro atoms. The lowest BCUT2D eigenvalue weighted by Gasteiger charge is -2.08. The third-order valence-corrected chi connectivity index (χ3v) is 4.18. The SMILES string of the molecule is Cc1ccc(NC(=O)c2cncc(C(=O)Nc3cccc(F)c3)c2)cc1Cl. The van der Waals surface area contributed by atoms with Gasteiger partial charge in [-0.3, -0.25) is 14.6 Å². The van der Waals surface area contributed by atoms with Gasteiger partial charge in [0, 0.05) is 28.8 Å². The quantitative estimate of drug-likeness (QED) is 0.686. The first-order chi connectivity index (χ1) is 12.9. The number of anilines is 2. The van der Waals surface area contributed by atoms with Crippen LogP contribution in [0.4, 0.5) is 15.8 Å². The Labute approximate surface area is 160 Å². The molecule has 2 aromatic carbocycles. The minimum absolute atomic E-state index is 0.175. The molecule has 7 heteroatoms. The third-order valence-electron chi connectivity index (χ3n) is 3.77. The fourth-order valence-corrected chi connectivity index (χ4v) is 2.51. The number of nitrogens with zero attached hydrogens (tertiary/aromatic N) is 1. The average molecular weight is 384 g/mol. The van der Waals surface area contributed by atoms with Gasteiger partial charge >= 0.3 is 0 Å². The highest BCUT2D eigenvalue weighted by Gasteiger charge is 2.12. The zero-order chi connectivity index (χ0) is 19.4. The third kappa shape index (κ3) is 4.68. The summed E-state index contributed by atoms with van der Waals surface area (Å²) in [6.07, 6.45) is 2.68. The van der Waals surface area contributed by atoms with Crippen LogP contribution in [-0.4, -0.2) is 16.8 Å². The van der Waals surface area contributed by atoms with Gasteiger partial charge < -0.3 is 10.6 Å². The van der Waals surface area contributed by atoms with E-state index in [9.17, 15) is 14.0 Å². The maximum Gasteiger partial charge on any atom is 0.257 e. The van der Waals surface area contributed by atoms with Crippen LogP contribution in [0.2, 0.25) is 5.02 Å². The molecular formula is C20H15ClFN3O2. The van der Waals surface area contributed by atoms with Crippen molar-refractivity contribution in [3.8, 4) is 0 Å². The normalized spacial score (nSPS) is 10.3. The molecule has 0 radical (unpaired) electrons. The van der Waals surface area contributed by atoms with E-state index < -0.39 is 17.6 Å². The number of carbonyl (C=O) groups is 2. The molecule has 2 amide bonds. The molecule has 0 bridgehead atoms. The maximum absolute atomic E-state index is 13.2. The molecular weight excluding hydrogens is 369 g/mol. The first-order valence-corrected chi connectivity index (χ1v) is 8.39. The van der Waals surface area contributed by atoms with E-state index in [1.54, 1.807) is 24.3 Å². The van der Waals surface area contributed by atoms with Crippen LogP contribution >= 0.6 is 11.6 Å². The van der Waals surface area contributed by atoms with Crippen LogP contribution in [0, 0.1) is 12.7 Å². The van der Waals surface area contributed by atoms with Crippen LogP contribution < -0.4 is 10.6 Å². The monoisotopic (exact) mass is 383 g/mol. The molecule has 2 N–H and O–H groups in total. The summed E-state index contributed by atoms with van der Waals surface area (Å²) >= 11 is 6.05. The van der Waals surface area contributed by atoms with E-state index in [0.29, 0.717) is 16.4 Å². The number of aromatic nitrogens is 1. The van der Waals surface area contributed by atoms with E-state index in [0.717, 1.165) is 5.56 Å². The first kappa shape index (κ1) is 18.5. The highest BCUT2D eigenvalue weighted by atomic mass is 35.5. The number of benzene rings is 2. The summed E-state index contributed by atoms with van der Waals surface area (Å²) in [6.45, 7) is 1.86. The fourth-order valence-electron chi connectivity index (χ4n) is 2.33. The summed E-state index contributed by atoms with van der Waals surface area (Å²) < 4.78 is 13.2. The number of pyridine rings is 1. The molecule has 0 aliphatic carbocycles. The number of nitrogens with one attached hydrogen (secondary N) is 2. The predicted octanol–water partition coefficient (Wildman–Crippen LogP) is 4.69. The predicted molar refractivity (Wildman–Crippen MR) is 103 cm³/mol. The van der Waals surface area contributed by atoms with Crippen molar-refractivity contribution in [1.82, 2.24) is 4.98 Å². The molecule has 1 aromatic heterocycles. The van der Waals surface area contributed by atoms with Gasteiger partial charge in [0.05, 0.1) is 11.1 Å². The van der Waals surface area contributed by atoms with Crippen LogP contribution in [0.15, 0.2) is 60.9 Å². The van der Waals surface area contributed by atoms with Crippen LogP contribution in [0.3, 0.4) is 0 Å². The molecule has 0 aliphatic rings. The second kappa shape index (κ2) is 7.97. The lowest BCUT2D eigenvalue weighted by Crippen LogP contribution is -2.16. The lowest BCUT2D eigenvalue weighted by molar-refractivity contribution is 0.102. The van der Waals surface area contributed by atoms with Gasteiger partial charge in [-0.05, 0) is 48.9 Å². The number of aryl methyl sites for hydroxylation is 1. The second-order valence-corrected chi connectivity index (χ2v) is 6.25. The van der Waals surface area contributed by atoms with Crippen LogP contribution in [0.25, 0.3) is 0 Å².